The van der Waals surface area contributed by atoms with Gasteiger partial charge in [0.2, 0.25) is 0 Å². The van der Waals surface area contributed by atoms with Crippen molar-refractivity contribution < 1.29 is 4.79 Å². The summed E-state index contributed by atoms with van der Waals surface area (Å²) >= 11 is 0. The number of benzene rings is 1. The normalized spacial score (nSPS) is 10.8. The molecule has 1 N–H and O–H groups in total. The lowest BCUT2D eigenvalue weighted by Gasteiger charge is -2.07. The predicted octanol–water partition coefficient (Wildman–Crippen LogP) is 3.68. The number of aryl methyl sites for hydroxylation is 1. The van der Waals surface area contributed by atoms with Gasteiger partial charge in [-0.1, -0.05) is 18.2 Å². The maximum atomic E-state index is 12.6. The van der Waals surface area contributed by atoms with E-state index in [1.807, 2.05) is 62.4 Å². The largest absolute Gasteiger partial charge is 0.306 e. The summed E-state index contributed by atoms with van der Waals surface area (Å²) in [6, 6.07) is 15.5. The smallest absolute Gasteiger partial charge is 0.260 e. The second-order valence-electron chi connectivity index (χ2n) is 6.09. The van der Waals surface area contributed by atoms with Gasteiger partial charge in [0.15, 0.2) is 5.82 Å². The third kappa shape index (κ3) is 2.93. The Bertz CT molecular complexity index is 1120. The molecule has 0 aliphatic carbocycles. The van der Waals surface area contributed by atoms with Crippen LogP contribution < -0.4 is 5.32 Å². The van der Waals surface area contributed by atoms with Crippen LogP contribution in [0.5, 0.6) is 0 Å². The summed E-state index contributed by atoms with van der Waals surface area (Å²) < 4.78 is 1.67. The van der Waals surface area contributed by atoms with E-state index in [0.29, 0.717) is 17.2 Å². The van der Waals surface area contributed by atoms with Crippen molar-refractivity contribution in [2.24, 2.45) is 0 Å². The van der Waals surface area contributed by atoms with Crippen molar-refractivity contribution in [3.05, 3.63) is 77.7 Å². The first kappa shape index (κ1) is 16.0. The fourth-order valence-electron chi connectivity index (χ4n) is 2.82. The molecule has 1 amide bonds. The van der Waals surface area contributed by atoms with Gasteiger partial charge in [-0.15, -0.1) is 0 Å². The highest BCUT2D eigenvalue weighted by Gasteiger charge is 2.16. The second kappa shape index (κ2) is 6.40. The van der Waals surface area contributed by atoms with Crippen molar-refractivity contribution in [3.63, 3.8) is 0 Å². The quantitative estimate of drug-likeness (QED) is 0.616. The predicted molar refractivity (Wildman–Crippen MR) is 101 cm³/mol. The Kier molecular flexibility index (Phi) is 3.93. The van der Waals surface area contributed by atoms with Crippen molar-refractivity contribution in [2.45, 2.75) is 13.8 Å². The first-order valence-electron chi connectivity index (χ1n) is 8.26. The lowest BCUT2D eigenvalue weighted by Crippen LogP contribution is -2.14. The summed E-state index contributed by atoms with van der Waals surface area (Å²) in [5.41, 5.74) is 3.12. The molecule has 0 saturated heterocycles. The van der Waals surface area contributed by atoms with Crippen LogP contribution in [-0.2, 0) is 0 Å². The Labute approximate surface area is 150 Å². The maximum absolute atomic E-state index is 12.6. The minimum Gasteiger partial charge on any atom is -0.306 e. The zero-order valence-corrected chi connectivity index (χ0v) is 14.5. The summed E-state index contributed by atoms with van der Waals surface area (Å²) in [6.45, 7) is 3.80. The number of aromatic nitrogens is 4. The minimum atomic E-state index is -0.243. The van der Waals surface area contributed by atoms with Gasteiger partial charge in [-0.3, -0.25) is 4.79 Å². The van der Waals surface area contributed by atoms with E-state index in [9.17, 15) is 4.79 Å². The highest BCUT2D eigenvalue weighted by molar-refractivity contribution is 6.04. The van der Waals surface area contributed by atoms with Gasteiger partial charge >= 0.3 is 0 Å². The fraction of sp³-hybridized carbons (Fsp3) is 0.100. The molecular weight excluding hydrogens is 326 g/mol. The summed E-state index contributed by atoms with van der Waals surface area (Å²) in [6.07, 6.45) is 3.22. The summed E-state index contributed by atoms with van der Waals surface area (Å²) in [7, 11) is 0. The van der Waals surface area contributed by atoms with Gasteiger partial charge in [-0.25, -0.2) is 14.6 Å². The van der Waals surface area contributed by atoms with E-state index in [4.69, 9.17) is 0 Å². The van der Waals surface area contributed by atoms with Gasteiger partial charge in [0.1, 0.15) is 5.82 Å². The molecule has 0 saturated carbocycles. The minimum absolute atomic E-state index is 0.243. The monoisotopic (exact) mass is 343 g/mol. The zero-order chi connectivity index (χ0) is 18.1. The van der Waals surface area contributed by atoms with Gasteiger partial charge in [0.25, 0.3) is 5.91 Å². The lowest BCUT2D eigenvalue weighted by molar-refractivity contribution is 0.102. The average Bonchev–Trinajstić information content (AvgIpc) is 3.03. The van der Waals surface area contributed by atoms with E-state index in [1.54, 1.807) is 17.1 Å². The number of carbonyl (C=O) groups is 1. The van der Waals surface area contributed by atoms with Crippen molar-refractivity contribution >= 4 is 22.6 Å². The van der Waals surface area contributed by atoms with Gasteiger partial charge in [-0.05, 0) is 49.7 Å². The molecule has 0 radical (unpaired) electrons. The number of nitrogens with one attached hydrogen (secondary N) is 1. The number of amides is 1. The van der Waals surface area contributed by atoms with E-state index in [1.165, 1.54) is 0 Å². The summed E-state index contributed by atoms with van der Waals surface area (Å²) in [5.74, 6) is 0.951. The highest BCUT2D eigenvalue weighted by Crippen LogP contribution is 2.18. The molecule has 3 heterocycles. The third-order valence-corrected chi connectivity index (χ3v) is 4.21. The van der Waals surface area contributed by atoms with E-state index in [-0.39, 0.29) is 5.91 Å². The van der Waals surface area contributed by atoms with Crippen molar-refractivity contribution in [1.29, 1.82) is 0 Å². The van der Waals surface area contributed by atoms with Gasteiger partial charge < -0.3 is 5.32 Å². The number of rotatable bonds is 3. The number of anilines is 1. The number of fused-ring (bicyclic) bond motifs is 1. The van der Waals surface area contributed by atoms with Crippen LogP contribution in [0.15, 0.2) is 60.9 Å². The number of pyridine rings is 2. The van der Waals surface area contributed by atoms with Crippen molar-refractivity contribution in [2.75, 3.05) is 5.32 Å². The Morgan fingerprint density at radius 1 is 1.08 bits per heavy atom. The van der Waals surface area contributed by atoms with Crippen LogP contribution >= 0.6 is 0 Å². The fourth-order valence-corrected chi connectivity index (χ4v) is 2.82. The molecule has 4 aromatic rings. The van der Waals surface area contributed by atoms with Crippen LogP contribution in [0.2, 0.25) is 0 Å². The number of para-hydroxylation sites is 1. The van der Waals surface area contributed by atoms with Crippen LogP contribution in [0.4, 0.5) is 5.82 Å². The van der Waals surface area contributed by atoms with E-state index >= 15 is 0 Å². The van der Waals surface area contributed by atoms with Crippen LogP contribution in [0.25, 0.3) is 16.7 Å². The van der Waals surface area contributed by atoms with Crippen molar-refractivity contribution in [1.82, 2.24) is 19.7 Å². The molecule has 0 atom stereocenters. The van der Waals surface area contributed by atoms with Crippen LogP contribution in [0.1, 0.15) is 21.6 Å². The molecule has 3 aromatic heterocycles. The number of hydrogen-bond donors (Lipinski definition) is 1. The maximum Gasteiger partial charge on any atom is 0.260 e. The van der Waals surface area contributed by atoms with Crippen LogP contribution in [0, 0.1) is 13.8 Å². The molecule has 6 heteroatoms. The third-order valence-electron chi connectivity index (χ3n) is 4.21. The Balaban J connectivity index is 1.65. The average molecular weight is 343 g/mol. The summed E-state index contributed by atoms with van der Waals surface area (Å²) in [4.78, 5) is 21.4. The molecule has 6 nitrogen and oxygen atoms in total. The molecule has 0 unspecified atom stereocenters. The molecule has 0 fully saturated rings. The number of nitrogens with zero attached hydrogens (tertiary/aromatic N) is 4. The number of carbonyl (C=O) groups excluding carboxylic acids is 1. The van der Waals surface area contributed by atoms with Gasteiger partial charge in [-0.2, -0.15) is 5.10 Å². The molecule has 128 valence electrons. The van der Waals surface area contributed by atoms with Crippen molar-refractivity contribution in [3.8, 4) is 5.82 Å². The standard InChI is InChI=1S/C20H17N5O/c1-13-9-10-21-18(11-13)24-20(26)16-12-22-25(14(16)2)19-8-7-15-5-3-4-6-17(15)23-19/h3-12H,1-2H3,(H,21,24,26). The highest BCUT2D eigenvalue weighted by atomic mass is 16.1. The van der Waals surface area contributed by atoms with Gasteiger partial charge in [0, 0.05) is 11.6 Å². The van der Waals surface area contributed by atoms with E-state index in [0.717, 1.165) is 22.2 Å². The second-order valence-corrected chi connectivity index (χ2v) is 6.09. The Morgan fingerprint density at radius 3 is 2.77 bits per heavy atom. The molecule has 1 aromatic carbocycles. The first-order valence-corrected chi connectivity index (χ1v) is 8.26. The van der Waals surface area contributed by atoms with Gasteiger partial charge in [0.05, 0.1) is 23.0 Å². The topological polar surface area (TPSA) is 72.7 Å². The first-order chi connectivity index (χ1) is 12.6. The molecule has 0 bridgehead atoms. The SMILES string of the molecule is Cc1ccnc(NC(=O)c2cnn(-c3ccc4ccccc4n3)c2C)c1. The molecular formula is C20H17N5O. The molecule has 4 rings (SSSR count). The molecule has 26 heavy (non-hydrogen) atoms. The molecule has 0 aliphatic rings. The number of hydrogen-bond acceptors (Lipinski definition) is 4. The lowest BCUT2D eigenvalue weighted by atomic mass is 10.2. The van der Waals surface area contributed by atoms with E-state index < -0.39 is 0 Å². The Morgan fingerprint density at radius 2 is 1.92 bits per heavy atom. The summed E-state index contributed by atoms with van der Waals surface area (Å²) in [5, 5.41) is 8.22. The zero-order valence-electron chi connectivity index (χ0n) is 14.5. The Hall–Kier alpha value is -3.54. The van der Waals surface area contributed by atoms with E-state index in [2.05, 4.69) is 20.4 Å². The van der Waals surface area contributed by atoms with Crippen LogP contribution in [-0.4, -0.2) is 25.7 Å². The molecule has 0 aliphatic heterocycles. The van der Waals surface area contributed by atoms with Crippen LogP contribution in [0.3, 0.4) is 0 Å². The molecule has 0 spiro atoms.